The predicted molar refractivity (Wildman–Crippen MR) is 76.4 cm³/mol. The van der Waals surface area contributed by atoms with E-state index in [0.29, 0.717) is 26.4 Å². The predicted octanol–water partition coefficient (Wildman–Crippen LogP) is 1.98. The van der Waals surface area contributed by atoms with Gasteiger partial charge in [0.15, 0.2) is 0 Å². The molecule has 0 unspecified atom stereocenters. The van der Waals surface area contributed by atoms with Crippen LogP contribution in [0.2, 0.25) is 0 Å². The molecule has 0 aliphatic heterocycles. The summed E-state index contributed by atoms with van der Waals surface area (Å²) in [6, 6.07) is 9.96. The van der Waals surface area contributed by atoms with Crippen LogP contribution in [0.15, 0.2) is 35.7 Å². The second-order valence-corrected chi connectivity index (χ2v) is 5.02. The Labute approximate surface area is 121 Å². The number of carbonyl (C=O) groups excluding carboxylic acids is 1. The molecule has 2 aromatic rings. The van der Waals surface area contributed by atoms with E-state index in [9.17, 15) is 4.79 Å². The maximum atomic E-state index is 10.9. The van der Waals surface area contributed by atoms with Crippen LogP contribution in [0, 0.1) is 0 Å². The van der Waals surface area contributed by atoms with Crippen LogP contribution in [0.1, 0.15) is 21.1 Å². The van der Waals surface area contributed by atoms with Gasteiger partial charge >= 0.3 is 0 Å². The van der Waals surface area contributed by atoms with Crippen molar-refractivity contribution >= 4 is 17.2 Å². The van der Waals surface area contributed by atoms with E-state index in [4.69, 9.17) is 15.2 Å². The number of benzene rings is 1. The topological polar surface area (TPSA) is 74.4 Å². The van der Waals surface area contributed by atoms with Gasteiger partial charge in [-0.05, 0) is 5.56 Å². The van der Waals surface area contributed by atoms with E-state index in [2.05, 4.69) is 4.98 Å². The van der Waals surface area contributed by atoms with Gasteiger partial charge in [0.2, 0.25) is 0 Å². The summed E-state index contributed by atoms with van der Waals surface area (Å²) in [5.74, 6) is -0.515. The number of thiazole rings is 1. The summed E-state index contributed by atoms with van der Waals surface area (Å²) >= 11 is 1.36. The Morgan fingerprint density at radius 2 is 1.85 bits per heavy atom. The fourth-order valence-electron chi connectivity index (χ4n) is 1.53. The zero-order valence-electron chi connectivity index (χ0n) is 11.0. The molecule has 0 atom stereocenters. The van der Waals surface area contributed by atoms with Gasteiger partial charge in [-0.15, -0.1) is 11.3 Å². The number of aromatic nitrogens is 1. The molecule has 106 valence electrons. The third kappa shape index (κ3) is 4.73. The minimum atomic E-state index is -0.515. The number of ether oxygens (including phenoxy) is 2. The second kappa shape index (κ2) is 7.74. The molecule has 1 amide bonds. The van der Waals surface area contributed by atoms with Crippen LogP contribution in [0.25, 0.3) is 0 Å². The number of amides is 1. The molecule has 5 nitrogen and oxygen atoms in total. The van der Waals surface area contributed by atoms with Crippen LogP contribution in [-0.4, -0.2) is 24.1 Å². The van der Waals surface area contributed by atoms with Crippen molar-refractivity contribution in [1.82, 2.24) is 4.98 Å². The molecule has 0 saturated carbocycles. The molecular formula is C14H16N2O3S. The molecule has 6 heteroatoms. The fourth-order valence-corrected chi connectivity index (χ4v) is 2.25. The number of rotatable bonds is 8. The van der Waals surface area contributed by atoms with Gasteiger partial charge in [-0.1, -0.05) is 30.3 Å². The molecule has 0 bridgehead atoms. The van der Waals surface area contributed by atoms with E-state index in [1.807, 2.05) is 30.3 Å². The molecule has 1 aromatic carbocycles. The second-order valence-electron chi connectivity index (χ2n) is 4.08. The van der Waals surface area contributed by atoms with Gasteiger partial charge in [0, 0.05) is 5.38 Å². The first-order valence-corrected chi connectivity index (χ1v) is 7.07. The first-order chi connectivity index (χ1) is 9.75. The van der Waals surface area contributed by atoms with Crippen molar-refractivity contribution in [3.8, 4) is 0 Å². The normalized spacial score (nSPS) is 10.6. The SMILES string of the molecule is NC(=O)c1csc(COCCOCc2ccccc2)n1. The Morgan fingerprint density at radius 3 is 2.50 bits per heavy atom. The third-order valence-electron chi connectivity index (χ3n) is 2.51. The van der Waals surface area contributed by atoms with E-state index in [1.54, 1.807) is 5.38 Å². The Kier molecular flexibility index (Phi) is 5.67. The summed E-state index contributed by atoms with van der Waals surface area (Å²) in [5, 5.41) is 2.37. The Bertz CT molecular complexity index is 542. The van der Waals surface area contributed by atoms with Crippen molar-refractivity contribution in [2.45, 2.75) is 13.2 Å². The van der Waals surface area contributed by atoms with Crippen LogP contribution >= 0.6 is 11.3 Å². The van der Waals surface area contributed by atoms with Gasteiger partial charge in [-0.3, -0.25) is 4.79 Å². The number of hydrogen-bond acceptors (Lipinski definition) is 5. The van der Waals surface area contributed by atoms with E-state index in [1.165, 1.54) is 11.3 Å². The third-order valence-corrected chi connectivity index (χ3v) is 3.34. The first-order valence-electron chi connectivity index (χ1n) is 6.19. The van der Waals surface area contributed by atoms with Crippen LogP contribution in [-0.2, 0) is 22.7 Å². The highest BCUT2D eigenvalue weighted by atomic mass is 32.1. The summed E-state index contributed by atoms with van der Waals surface area (Å²) in [6.07, 6.45) is 0. The van der Waals surface area contributed by atoms with Gasteiger partial charge in [0.25, 0.3) is 5.91 Å². The van der Waals surface area contributed by atoms with Crippen LogP contribution in [0.5, 0.6) is 0 Å². The maximum absolute atomic E-state index is 10.9. The van der Waals surface area contributed by atoms with Gasteiger partial charge in [-0.2, -0.15) is 0 Å². The van der Waals surface area contributed by atoms with Crippen molar-refractivity contribution in [2.24, 2.45) is 5.73 Å². The minimum absolute atomic E-state index is 0.286. The molecule has 20 heavy (non-hydrogen) atoms. The van der Waals surface area contributed by atoms with Crippen LogP contribution in [0.3, 0.4) is 0 Å². The molecule has 1 aromatic heterocycles. The van der Waals surface area contributed by atoms with Gasteiger partial charge in [0.1, 0.15) is 10.7 Å². The summed E-state index contributed by atoms with van der Waals surface area (Å²) < 4.78 is 10.9. The van der Waals surface area contributed by atoms with Gasteiger partial charge in [-0.25, -0.2) is 4.98 Å². The zero-order chi connectivity index (χ0) is 14.2. The number of nitrogens with two attached hydrogens (primary N) is 1. The largest absolute Gasteiger partial charge is 0.374 e. The van der Waals surface area contributed by atoms with E-state index < -0.39 is 5.91 Å². The summed E-state index contributed by atoms with van der Waals surface area (Å²) in [7, 11) is 0. The van der Waals surface area contributed by atoms with Crippen molar-refractivity contribution in [3.63, 3.8) is 0 Å². The Balaban J connectivity index is 1.58. The summed E-state index contributed by atoms with van der Waals surface area (Å²) in [6.45, 7) is 1.95. The van der Waals surface area contributed by atoms with Crippen molar-refractivity contribution in [3.05, 3.63) is 52.0 Å². The molecule has 0 fully saturated rings. The Hall–Kier alpha value is -1.76. The fraction of sp³-hybridized carbons (Fsp3) is 0.286. The number of hydrogen-bond donors (Lipinski definition) is 1. The number of primary amides is 1. The quantitative estimate of drug-likeness (QED) is 0.755. The molecule has 0 aliphatic rings. The molecule has 1 heterocycles. The van der Waals surface area contributed by atoms with Crippen molar-refractivity contribution in [1.29, 1.82) is 0 Å². The van der Waals surface area contributed by atoms with Crippen molar-refractivity contribution in [2.75, 3.05) is 13.2 Å². The zero-order valence-corrected chi connectivity index (χ0v) is 11.8. The molecule has 2 rings (SSSR count). The van der Waals surface area contributed by atoms with E-state index >= 15 is 0 Å². The summed E-state index contributed by atoms with van der Waals surface area (Å²) in [4.78, 5) is 14.9. The lowest BCUT2D eigenvalue weighted by atomic mass is 10.2. The minimum Gasteiger partial charge on any atom is -0.374 e. The van der Waals surface area contributed by atoms with E-state index in [-0.39, 0.29) is 5.69 Å². The first kappa shape index (κ1) is 14.6. The summed E-state index contributed by atoms with van der Waals surface area (Å²) in [5.41, 5.74) is 6.54. The molecular weight excluding hydrogens is 276 g/mol. The molecule has 0 saturated heterocycles. The number of nitrogens with zero attached hydrogens (tertiary/aromatic N) is 1. The lowest BCUT2D eigenvalue weighted by Crippen LogP contribution is -2.11. The Morgan fingerprint density at radius 1 is 1.15 bits per heavy atom. The maximum Gasteiger partial charge on any atom is 0.268 e. The molecule has 0 aliphatic carbocycles. The van der Waals surface area contributed by atoms with Crippen molar-refractivity contribution < 1.29 is 14.3 Å². The molecule has 0 spiro atoms. The molecule has 2 N–H and O–H groups in total. The monoisotopic (exact) mass is 292 g/mol. The number of carbonyl (C=O) groups is 1. The van der Waals surface area contributed by atoms with E-state index in [0.717, 1.165) is 10.6 Å². The highest BCUT2D eigenvalue weighted by Gasteiger charge is 2.06. The van der Waals surface area contributed by atoms with Gasteiger partial charge in [0.05, 0.1) is 26.4 Å². The average Bonchev–Trinajstić information content (AvgIpc) is 2.93. The average molecular weight is 292 g/mol. The highest BCUT2D eigenvalue weighted by Crippen LogP contribution is 2.10. The van der Waals surface area contributed by atoms with Gasteiger partial charge < -0.3 is 15.2 Å². The molecule has 0 radical (unpaired) electrons. The van der Waals surface area contributed by atoms with Crippen LogP contribution in [0.4, 0.5) is 0 Å². The highest BCUT2D eigenvalue weighted by molar-refractivity contribution is 7.09. The van der Waals surface area contributed by atoms with Crippen LogP contribution < -0.4 is 5.73 Å². The lowest BCUT2D eigenvalue weighted by Gasteiger charge is -2.04. The lowest BCUT2D eigenvalue weighted by molar-refractivity contribution is 0.0338. The standard InChI is InChI=1S/C14H16N2O3S/c15-14(17)12-10-20-13(16-12)9-19-7-6-18-8-11-4-2-1-3-5-11/h1-5,10H,6-9H2,(H2,15,17). The smallest absolute Gasteiger partial charge is 0.268 e.